The predicted octanol–water partition coefficient (Wildman–Crippen LogP) is 5.07. The Morgan fingerprint density at radius 3 is 2.39 bits per heavy atom. The van der Waals surface area contributed by atoms with Crippen molar-refractivity contribution in [1.82, 2.24) is 14.7 Å². The molecule has 5 rings (SSSR count). The maximum absolute atomic E-state index is 13.0. The predicted molar refractivity (Wildman–Crippen MR) is 147 cm³/mol. The van der Waals surface area contributed by atoms with Crippen molar-refractivity contribution in [2.75, 3.05) is 65.3 Å². The molecule has 3 aliphatic rings. The molecular weight excluding hydrogens is 448 g/mol. The number of anilines is 1. The first kappa shape index (κ1) is 24.8. The molecule has 36 heavy (non-hydrogen) atoms. The highest BCUT2D eigenvalue weighted by atomic mass is 16.5. The number of likely N-dealkylation sites (N-methyl/N-ethyl adjacent to an activating group) is 1. The second-order valence-electron chi connectivity index (χ2n) is 10.6. The van der Waals surface area contributed by atoms with E-state index in [0.29, 0.717) is 5.92 Å². The number of piperidine rings is 1. The van der Waals surface area contributed by atoms with E-state index in [2.05, 4.69) is 59.4 Å². The summed E-state index contributed by atoms with van der Waals surface area (Å²) in [5.41, 5.74) is 7.94. The van der Waals surface area contributed by atoms with Gasteiger partial charge in [0.1, 0.15) is 5.75 Å². The van der Waals surface area contributed by atoms with Crippen LogP contribution in [0.1, 0.15) is 48.8 Å². The average molecular weight is 489 g/mol. The number of fused-ring (bicyclic) bond motifs is 1. The SMILES string of the molecule is COc1ccc(C2CCN(C(=O)Nc3ccc4c(c3)CCC(CN3CCN(C)CC3)=C4C)CC2)cc1. The van der Waals surface area contributed by atoms with Crippen LogP contribution in [-0.2, 0) is 6.42 Å². The molecule has 6 heteroatoms. The largest absolute Gasteiger partial charge is 0.497 e. The number of aryl methyl sites for hydroxylation is 1. The van der Waals surface area contributed by atoms with Gasteiger partial charge in [-0.3, -0.25) is 4.90 Å². The number of benzene rings is 2. The molecule has 0 bridgehead atoms. The average Bonchev–Trinajstić information content (AvgIpc) is 2.91. The maximum Gasteiger partial charge on any atom is 0.321 e. The maximum atomic E-state index is 13.0. The number of likely N-dealkylation sites (tertiary alicyclic amines) is 1. The van der Waals surface area contributed by atoms with E-state index < -0.39 is 0 Å². The van der Waals surface area contributed by atoms with Gasteiger partial charge in [0.15, 0.2) is 0 Å². The van der Waals surface area contributed by atoms with Crippen molar-refractivity contribution in [2.45, 2.75) is 38.5 Å². The number of hydrogen-bond acceptors (Lipinski definition) is 4. The minimum atomic E-state index is 0.0157. The Bertz CT molecular complexity index is 1090. The van der Waals surface area contributed by atoms with Crippen LogP contribution in [0.3, 0.4) is 0 Å². The monoisotopic (exact) mass is 488 g/mol. The molecule has 2 aliphatic heterocycles. The summed E-state index contributed by atoms with van der Waals surface area (Å²) in [4.78, 5) is 20.0. The summed E-state index contributed by atoms with van der Waals surface area (Å²) >= 11 is 0. The summed E-state index contributed by atoms with van der Waals surface area (Å²) in [5, 5.41) is 3.17. The van der Waals surface area contributed by atoms with E-state index in [1.807, 2.05) is 17.0 Å². The van der Waals surface area contributed by atoms with E-state index in [-0.39, 0.29) is 6.03 Å². The van der Waals surface area contributed by atoms with Crippen LogP contribution in [0.15, 0.2) is 48.0 Å². The minimum absolute atomic E-state index is 0.0157. The number of rotatable bonds is 5. The zero-order chi connectivity index (χ0) is 25.1. The highest BCUT2D eigenvalue weighted by molar-refractivity contribution is 5.90. The van der Waals surface area contributed by atoms with E-state index in [1.54, 1.807) is 12.7 Å². The molecule has 2 aromatic carbocycles. The normalized spacial score (nSPS) is 19.8. The number of amides is 2. The van der Waals surface area contributed by atoms with Gasteiger partial charge in [0.05, 0.1) is 7.11 Å². The third kappa shape index (κ3) is 5.60. The Hall–Kier alpha value is -2.83. The van der Waals surface area contributed by atoms with Crippen LogP contribution in [-0.4, -0.2) is 80.7 Å². The van der Waals surface area contributed by atoms with Crippen LogP contribution in [0.2, 0.25) is 0 Å². The van der Waals surface area contributed by atoms with Crippen molar-refractivity contribution in [3.63, 3.8) is 0 Å². The van der Waals surface area contributed by atoms with Crippen LogP contribution in [0.25, 0.3) is 5.57 Å². The van der Waals surface area contributed by atoms with Gasteiger partial charge < -0.3 is 19.9 Å². The summed E-state index contributed by atoms with van der Waals surface area (Å²) in [5.74, 6) is 1.39. The third-order valence-corrected chi connectivity index (χ3v) is 8.37. The lowest BCUT2D eigenvalue weighted by Gasteiger charge is -2.34. The number of urea groups is 1. The molecule has 1 aliphatic carbocycles. The first-order valence-corrected chi connectivity index (χ1v) is 13.4. The quantitative estimate of drug-likeness (QED) is 0.638. The molecule has 192 valence electrons. The number of nitrogens with zero attached hydrogens (tertiary/aromatic N) is 3. The second-order valence-corrected chi connectivity index (χ2v) is 10.6. The van der Waals surface area contributed by atoms with E-state index in [0.717, 1.165) is 82.9 Å². The van der Waals surface area contributed by atoms with Gasteiger partial charge in [-0.05, 0) is 92.1 Å². The van der Waals surface area contributed by atoms with Gasteiger partial charge in [0, 0.05) is 51.5 Å². The molecule has 1 N–H and O–H groups in total. The lowest BCUT2D eigenvalue weighted by molar-refractivity contribution is 0.163. The molecule has 2 saturated heterocycles. The Labute approximate surface area is 215 Å². The van der Waals surface area contributed by atoms with Gasteiger partial charge >= 0.3 is 6.03 Å². The Kier molecular flexibility index (Phi) is 7.63. The van der Waals surface area contributed by atoms with Crippen LogP contribution in [0.4, 0.5) is 10.5 Å². The van der Waals surface area contributed by atoms with E-state index in [1.165, 1.54) is 22.3 Å². The van der Waals surface area contributed by atoms with Gasteiger partial charge in [0.25, 0.3) is 0 Å². The standard InChI is InChI=1S/C30H40N4O2/c1-22-26(21-33-18-16-32(2)17-19-33)5-4-25-20-27(8-11-29(22)25)31-30(35)34-14-12-24(13-15-34)23-6-9-28(36-3)10-7-23/h6-11,20,24H,4-5,12-19,21H2,1-3H3,(H,31,35). The fraction of sp³-hybridized carbons (Fsp3) is 0.500. The van der Waals surface area contributed by atoms with E-state index in [9.17, 15) is 4.79 Å². The fourth-order valence-electron chi connectivity index (χ4n) is 5.88. The van der Waals surface area contributed by atoms with Crippen molar-refractivity contribution in [1.29, 1.82) is 0 Å². The van der Waals surface area contributed by atoms with Gasteiger partial charge in [-0.25, -0.2) is 4.79 Å². The molecule has 0 aromatic heterocycles. The van der Waals surface area contributed by atoms with Crippen molar-refractivity contribution < 1.29 is 9.53 Å². The van der Waals surface area contributed by atoms with Crippen LogP contribution >= 0.6 is 0 Å². The van der Waals surface area contributed by atoms with Crippen LogP contribution in [0, 0.1) is 0 Å². The highest BCUT2D eigenvalue weighted by Crippen LogP contribution is 2.34. The molecule has 0 radical (unpaired) electrons. The lowest BCUT2D eigenvalue weighted by atomic mass is 9.85. The number of nitrogens with one attached hydrogen (secondary N) is 1. The van der Waals surface area contributed by atoms with Crippen LogP contribution in [0.5, 0.6) is 5.75 Å². The number of allylic oxidation sites excluding steroid dienone is 1. The van der Waals surface area contributed by atoms with Crippen molar-refractivity contribution >= 4 is 17.3 Å². The summed E-state index contributed by atoms with van der Waals surface area (Å²) in [6.07, 6.45) is 4.14. The summed E-state index contributed by atoms with van der Waals surface area (Å²) in [6.45, 7) is 9.55. The molecule has 2 fully saturated rings. The van der Waals surface area contributed by atoms with Gasteiger partial charge in [-0.1, -0.05) is 23.8 Å². The van der Waals surface area contributed by atoms with Crippen molar-refractivity contribution in [3.05, 3.63) is 64.7 Å². The molecule has 2 aromatic rings. The molecule has 0 spiro atoms. The Morgan fingerprint density at radius 1 is 0.972 bits per heavy atom. The molecule has 0 atom stereocenters. The number of methoxy groups -OCH3 is 1. The first-order chi connectivity index (χ1) is 17.5. The molecule has 6 nitrogen and oxygen atoms in total. The molecule has 0 unspecified atom stereocenters. The zero-order valence-corrected chi connectivity index (χ0v) is 22.1. The summed E-state index contributed by atoms with van der Waals surface area (Å²) in [7, 11) is 3.90. The number of ether oxygens (including phenoxy) is 1. The Morgan fingerprint density at radius 2 is 1.69 bits per heavy atom. The first-order valence-electron chi connectivity index (χ1n) is 13.4. The third-order valence-electron chi connectivity index (χ3n) is 8.37. The molecule has 2 amide bonds. The smallest absolute Gasteiger partial charge is 0.321 e. The van der Waals surface area contributed by atoms with Gasteiger partial charge in [-0.2, -0.15) is 0 Å². The van der Waals surface area contributed by atoms with E-state index in [4.69, 9.17) is 4.74 Å². The number of hydrogen-bond donors (Lipinski definition) is 1. The minimum Gasteiger partial charge on any atom is -0.497 e. The highest BCUT2D eigenvalue weighted by Gasteiger charge is 2.25. The fourth-order valence-corrected chi connectivity index (χ4v) is 5.88. The topological polar surface area (TPSA) is 48.1 Å². The lowest BCUT2D eigenvalue weighted by Crippen LogP contribution is -2.45. The van der Waals surface area contributed by atoms with Crippen LogP contribution < -0.4 is 10.1 Å². The van der Waals surface area contributed by atoms with Gasteiger partial charge in [0.2, 0.25) is 0 Å². The second kappa shape index (κ2) is 11.1. The number of carbonyl (C=O) groups is 1. The van der Waals surface area contributed by atoms with Crippen molar-refractivity contribution in [3.8, 4) is 5.75 Å². The van der Waals surface area contributed by atoms with E-state index >= 15 is 0 Å². The molecule has 2 heterocycles. The molecular formula is C30H40N4O2. The summed E-state index contributed by atoms with van der Waals surface area (Å²) < 4.78 is 5.27. The summed E-state index contributed by atoms with van der Waals surface area (Å²) in [6, 6.07) is 14.8. The van der Waals surface area contributed by atoms with Crippen molar-refractivity contribution in [2.24, 2.45) is 0 Å². The van der Waals surface area contributed by atoms with Gasteiger partial charge in [-0.15, -0.1) is 0 Å². The number of carbonyl (C=O) groups excluding carboxylic acids is 1. The Balaban J connectivity index is 1.16. The number of piperazine rings is 1. The molecule has 0 saturated carbocycles. The zero-order valence-electron chi connectivity index (χ0n) is 22.1.